The summed E-state index contributed by atoms with van der Waals surface area (Å²) in [4.78, 5) is 8.63. The average Bonchev–Trinajstić information content (AvgIpc) is 2.62. The van der Waals surface area contributed by atoms with Crippen molar-refractivity contribution in [3.05, 3.63) is 33.3 Å². The highest BCUT2D eigenvalue weighted by Crippen LogP contribution is 2.46. The van der Waals surface area contributed by atoms with Crippen molar-refractivity contribution in [2.24, 2.45) is 4.99 Å². The van der Waals surface area contributed by atoms with E-state index in [1.54, 1.807) is 12.3 Å². The number of pyridine rings is 1. The molecule has 2 heterocycles. The highest BCUT2D eigenvalue weighted by molar-refractivity contribution is 9.10. The molecule has 7 N–H and O–H groups in total. The maximum absolute atomic E-state index is 9.96. The van der Waals surface area contributed by atoms with Gasteiger partial charge >= 0.3 is 0 Å². The van der Waals surface area contributed by atoms with Crippen LogP contribution in [0.1, 0.15) is 22.7 Å². The number of aliphatic imine (C=N–C) groups is 1. The van der Waals surface area contributed by atoms with E-state index in [1.165, 1.54) is 13.2 Å². The van der Waals surface area contributed by atoms with Crippen molar-refractivity contribution in [2.45, 2.75) is 6.04 Å². The Hall–Kier alpha value is -3.70. The zero-order valence-corrected chi connectivity index (χ0v) is 15.5. The summed E-state index contributed by atoms with van der Waals surface area (Å²) in [6, 6.07) is 4.25. The SMILES string of the molecule is COc1c(O)ccc(C2N=C(NC#N)Nc3nc(N)c(C#N)c(N)c32)c1Br. The van der Waals surface area contributed by atoms with Crippen molar-refractivity contribution in [2.75, 3.05) is 23.9 Å². The summed E-state index contributed by atoms with van der Waals surface area (Å²) < 4.78 is 5.66. The van der Waals surface area contributed by atoms with Gasteiger partial charge in [-0.1, -0.05) is 6.07 Å². The first kappa shape index (κ1) is 18.1. The molecule has 0 bridgehead atoms. The normalized spacial score (nSPS) is 14.8. The second kappa shape index (κ2) is 6.90. The number of phenolic OH excluding ortho intramolecular Hbond substituents is 1. The summed E-state index contributed by atoms with van der Waals surface area (Å²) >= 11 is 3.40. The zero-order valence-electron chi connectivity index (χ0n) is 13.9. The number of guanidine groups is 1. The third-order valence-corrected chi connectivity index (χ3v) is 4.78. The molecule has 3 rings (SSSR count). The zero-order chi connectivity index (χ0) is 19.7. The third kappa shape index (κ3) is 2.90. The molecule has 2 aromatic rings. The Labute approximate surface area is 162 Å². The number of nitrogen functional groups attached to an aromatic ring is 2. The summed E-state index contributed by atoms with van der Waals surface area (Å²) in [5.41, 5.74) is 13.1. The summed E-state index contributed by atoms with van der Waals surface area (Å²) in [7, 11) is 1.41. The van der Waals surface area contributed by atoms with Gasteiger partial charge in [-0.2, -0.15) is 10.5 Å². The third-order valence-electron chi connectivity index (χ3n) is 3.96. The van der Waals surface area contributed by atoms with Gasteiger partial charge in [0.1, 0.15) is 29.3 Å². The lowest BCUT2D eigenvalue weighted by Crippen LogP contribution is -2.32. The molecule has 136 valence electrons. The van der Waals surface area contributed by atoms with Gasteiger partial charge in [0.25, 0.3) is 0 Å². The molecule has 0 amide bonds. The van der Waals surface area contributed by atoms with Crippen LogP contribution in [0.3, 0.4) is 0 Å². The number of ether oxygens (including phenoxy) is 1. The average molecular weight is 429 g/mol. The molecule has 1 aromatic carbocycles. The predicted octanol–water partition coefficient (Wildman–Crippen LogP) is 1.54. The van der Waals surface area contributed by atoms with E-state index in [1.807, 2.05) is 6.07 Å². The molecule has 0 saturated carbocycles. The number of nitriles is 2. The van der Waals surface area contributed by atoms with Crippen LogP contribution in [0.2, 0.25) is 0 Å². The number of hydrogen-bond donors (Lipinski definition) is 5. The molecular weight excluding hydrogens is 416 g/mol. The fraction of sp³-hybridized carbons (Fsp3) is 0.125. The molecule has 11 heteroatoms. The van der Waals surface area contributed by atoms with Crippen molar-refractivity contribution in [1.29, 1.82) is 10.5 Å². The fourth-order valence-corrected chi connectivity index (χ4v) is 3.49. The molecule has 1 aliphatic heterocycles. The monoisotopic (exact) mass is 428 g/mol. The highest BCUT2D eigenvalue weighted by Gasteiger charge is 2.31. The maximum atomic E-state index is 9.96. The summed E-state index contributed by atoms with van der Waals surface area (Å²) in [5, 5.41) is 33.5. The fourth-order valence-electron chi connectivity index (χ4n) is 2.77. The van der Waals surface area contributed by atoms with Crippen LogP contribution < -0.4 is 26.8 Å². The number of nitrogens with two attached hydrogens (primary N) is 2. The lowest BCUT2D eigenvalue weighted by Gasteiger charge is -2.27. The van der Waals surface area contributed by atoms with Gasteiger partial charge in [-0.15, -0.1) is 0 Å². The van der Waals surface area contributed by atoms with Crippen molar-refractivity contribution in [3.63, 3.8) is 0 Å². The van der Waals surface area contributed by atoms with Crippen LogP contribution in [0.4, 0.5) is 17.3 Å². The number of hydrogen-bond acceptors (Lipinski definition) is 10. The quantitative estimate of drug-likeness (QED) is 0.350. The van der Waals surface area contributed by atoms with E-state index in [9.17, 15) is 10.4 Å². The van der Waals surface area contributed by atoms with E-state index in [-0.39, 0.29) is 40.3 Å². The van der Waals surface area contributed by atoms with Crippen LogP contribution in [0.15, 0.2) is 21.6 Å². The van der Waals surface area contributed by atoms with Gasteiger partial charge in [-0.25, -0.2) is 9.98 Å². The molecule has 10 nitrogen and oxygen atoms in total. The van der Waals surface area contributed by atoms with Gasteiger partial charge in [0.05, 0.1) is 17.3 Å². The number of nitrogens with one attached hydrogen (secondary N) is 2. The van der Waals surface area contributed by atoms with Gasteiger partial charge < -0.3 is 26.6 Å². The molecule has 1 aliphatic rings. The first-order valence-electron chi connectivity index (χ1n) is 7.47. The molecule has 0 saturated heterocycles. The summed E-state index contributed by atoms with van der Waals surface area (Å²) in [6.45, 7) is 0. The molecular formula is C16H13BrN8O2. The molecule has 1 aromatic heterocycles. The molecule has 1 atom stereocenters. The first-order valence-corrected chi connectivity index (χ1v) is 8.26. The molecule has 0 radical (unpaired) electrons. The highest BCUT2D eigenvalue weighted by atomic mass is 79.9. The predicted molar refractivity (Wildman–Crippen MR) is 102 cm³/mol. The van der Waals surface area contributed by atoms with Gasteiger partial charge in [0, 0.05) is 5.56 Å². The van der Waals surface area contributed by atoms with Gasteiger partial charge in [-0.3, -0.25) is 5.32 Å². The Kier molecular flexibility index (Phi) is 4.62. The molecule has 0 fully saturated rings. The van der Waals surface area contributed by atoms with Crippen LogP contribution in [-0.4, -0.2) is 23.2 Å². The van der Waals surface area contributed by atoms with E-state index < -0.39 is 6.04 Å². The lowest BCUT2D eigenvalue weighted by molar-refractivity contribution is 0.370. The number of phenols is 1. The minimum Gasteiger partial charge on any atom is -0.504 e. The number of anilines is 3. The van der Waals surface area contributed by atoms with Crippen LogP contribution in [-0.2, 0) is 0 Å². The van der Waals surface area contributed by atoms with E-state index in [0.717, 1.165) is 0 Å². The Morgan fingerprint density at radius 3 is 2.74 bits per heavy atom. The van der Waals surface area contributed by atoms with Gasteiger partial charge in [0.2, 0.25) is 5.96 Å². The van der Waals surface area contributed by atoms with E-state index in [4.69, 9.17) is 21.5 Å². The largest absolute Gasteiger partial charge is 0.504 e. The van der Waals surface area contributed by atoms with E-state index in [0.29, 0.717) is 15.6 Å². The molecule has 27 heavy (non-hydrogen) atoms. The summed E-state index contributed by atoms with van der Waals surface area (Å²) in [5.74, 6) is 0.494. The minimum atomic E-state index is -0.749. The van der Waals surface area contributed by atoms with Crippen LogP contribution in [0.5, 0.6) is 11.5 Å². The summed E-state index contributed by atoms with van der Waals surface area (Å²) in [6.07, 6.45) is 1.78. The number of halogens is 1. The maximum Gasteiger partial charge on any atom is 0.211 e. The number of nitrogens with zero attached hydrogens (tertiary/aromatic N) is 4. The van der Waals surface area contributed by atoms with Gasteiger partial charge in [0.15, 0.2) is 17.7 Å². The van der Waals surface area contributed by atoms with E-state index in [2.05, 4.69) is 36.5 Å². The van der Waals surface area contributed by atoms with Crippen LogP contribution in [0, 0.1) is 22.8 Å². The smallest absolute Gasteiger partial charge is 0.211 e. The Morgan fingerprint density at radius 2 is 2.11 bits per heavy atom. The standard InChI is InChI=1S/C16H13BrN8O2/c1-27-13-8(26)3-2-6(10(13)17)12-9-11(20)7(4-18)14(21)24-15(9)25-16(23-12)22-5-19/h2-3,12,26H,1H3,(H6,20,21,22,23,24,25). The lowest BCUT2D eigenvalue weighted by atomic mass is 9.95. The minimum absolute atomic E-state index is 0.0364. The number of methoxy groups -OCH3 is 1. The Balaban J connectivity index is 2.31. The van der Waals surface area contributed by atoms with E-state index >= 15 is 0 Å². The molecule has 1 unspecified atom stereocenters. The molecule has 0 spiro atoms. The Morgan fingerprint density at radius 1 is 1.37 bits per heavy atom. The van der Waals surface area contributed by atoms with Crippen molar-refractivity contribution >= 4 is 39.2 Å². The van der Waals surface area contributed by atoms with Gasteiger partial charge in [-0.05, 0) is 27.6 Å². The van der Waals surface area contributed by atoms with Crippen molar-refractivity contribution in [3.8, 4) is 23.8 Å². The second-order valence-electron chi connectivity index (χ2n) is 5.42. The Bertz CT molecular complexity index is 1050. The number of aromatic hydroxyl groups is 1. The topological polar surface area (TPSA) is 178 Å². The number of rotatable bonds is 2. The van der Waals surface area contributed by atoms with Crippen LogP contribution >= 0.6 is 15.9 Å². The van der Waals surface area contributed by atoms with Crippen molar-refractivity contribution < 1.29 is 9.84 Å². The second-order valence-corrected chi connectivity index (χ2v) is 6.22. The first-order chi connectivity index (χ1) is 12.9. The molecule has 0 aliphatic carbocycles. The number of benzene rings is 1. The number of aromatic nitrogens is 1. The van der Waals surface area contributed by atoms with Crippen molar-refractivity contribution in [1.82, 2.24) is 10.3 Å². The number of fused-ring (bicyclic) bond motifs is 1. The van der Waals surface area contributed by atoms with Crippen LogP contribution in [0.25, 0.3) is 0 Å².